The Morgan fingerprint density at radius 2 is 2.09 bits per heavy atom. The highest BCUT2D eigenvalue weighted by Crippen LogP contribution is 2.17. The van der Waals surface area contributed by atoms with E-state index in [-0.39, 0.29) is 0 Å². The first-order valence-corrected chi connectivity index (χ1v) is 5.79. The minimum absolute atomic E-state index is 0.968. The van der Waals surface area contributed by atoms with Gasteiger partial charge in [0.1, 0.15) is 0 Å². The quantitative estimate of drug-likeness (QED) is 0.575. The van der Waals surface area contributed by atoms with Crippen LogP contribution in [-0.2, 0) is 0 Å². The lowest BCUT2D eigenvalue weighted by Crippen LogP contribution is -1.92. The highest BCUT2D eigenvalue weighted by molar-refractivity contribution is 14.1. The fourth-order valence-electron chi connectivity index (χ4n) is 0.737. The van der Waals surface area contributed by atoms with Gasteiger partial charge in [-0.05, 0) is 34.9 Å². The van der Waals surface area contributed by atoms with Gasteiger partial charge in [0, 0.05) is 9.13 Å². The highest BCUT2D eigenvalue weighted by Gasteiger charge is 2.01. The Labute approximate surface area is 89.9 Å². The Bertz CT molecular complexity index is 271. The van der Waals surface area contributed by atoms with Crippen LogP contribution in [0, 0.1) is 3.57 Å². The first-order chi connectivity index (χ1) is 5.25. The van der Waals surface area contributed by atoms with E-state index in [2.05, 4.69) is 34.7 Å². The second-order valence-electron chi connectivity index (χ2n) is 1.97. The molecule has 0 aromatic heterocycles. The van der Waals surface area contributed by atoms with Crippen LogP contribution >= 0.6 is 46.6 Å². The first kappa shape index (κ1) is 9.48. The van der Waals surface area contributed by atoms with Crippen molar-refractivity contribution in [2.24, 2.45) is 0 Å². The van der Waals surface area contributed by atoms with Crippen molar-refractivity contribution < 1.29 is 0 Å². The maximum Gasteiger partial charge on any atom is 0.0786 e. The molecular formula is C8H7IS2. The van der Waals surface area contributed by atoms with E-state index >= 15 is 0 Å². The van der Waals surface area contributed by atoms with Crippen LogP contribution in [0.2, 0.25) is 0 Å². The summed E-state index contributed by atoms with van der Waals surface area (Å²) in [5.41, 5.74) is 1.18. The molecule has 0 bridgehead atoms. The van der Waals surface area contributed by atoms with Gasteiger partial charge in [0.2, 0.25) is 0 Å². The van der Waals surface area contributed by atoms with Crippen LogP contribution < -0.4 is 0 Å². The molecular weight excluding hydrogens is 287 g/mol. The Balaban J connectivity index is 3.03. The zero-order chi connectivity index (χ0) is 8.27. The van der Waals surface area contributed by atoms with Gasteiger partial charge in [0.05, 0.1) is 4.20 Å². The Morgan fingerprint density at radius 3 is 2.64 bits per heavy atom. The van der Waals surface area contributed by atoms with E-state index in [0.717, 1.165) is 4.20 Å². The zero-order valence-corrected chi connectivity index (χ0v) is 9.79. The van der Waals surface area contributed by atoms with Crippen molar-refractivity contribution in [2.45, 2.75) is 0 Å². The summed E-state index contributed by atoms with van der Waals surface area (Å²) in [7, 11) is 0. The predicted octanol–water partition coefficient (Wildman–Crippen LogP) is 3.33. The minimum atomic E-state index is 0.968. The zero-order valence-electron chi connectivity index (χ0n) is 6.00. The summed E-state index contributed by atoms with van der Waals surface area (Å²) in [6.45, 7) is 0. The van der Waals surface area contributed by atoms with Crippen LogP contribution in [0.5, 0.6) is 0 Å². The van der Waals surface area contributed by atoms with Crippen molar-refractivity contribution in [3.8, 4) is 0 Å². The number of thioether (sulfide) groups is 1. The van der Waals surface area contributed by atoms with Gasteiger partial charge in [-0.25, -0.2) is 0 Å². The maximum atomic E-state index is 5.17. The summed E-state index contributed by atoms with van der Waals surface area (Å²) >= 11 is 9.08. The van der Waals surface area contributed by atoms with Crippen LogP contribution in [0.15, 0.2) is 24.3 Å². The Kier molecular flexibility index (Phi) is 3.81. The van der Waals surface area contributed by atoms with Gasteiger partial charge in [0.15, 0.2) is 0 Å². The average Bonchev–Trinajstić information content (AvgIpc) is 2.04. The summed E-state index contributed by atoms with van der Waals surface area (Å²) in [5, 5.41) is 0. The fourth-order valence-corrected chi connectivity index (χ4v) is 2.34. The summed E-state index contributed by atoms with van der Waals surface area (Å²) in [5.74, 6) is 0. The fraction of sp³-hybridized carbons (Fsp3) is 0.125. The van der Waals surface area contributed by atoms with Crippen LogP contribution in [0.4, 0.5) is 0 Å². The van der Waals surface area contributed by atoms with Crippen molar-refractivity contribution in [2.75, 3.05) is 6.26 Å². The molecule has 1 rings (SSSR count). The standard InChI is InChI=1S/C8H7IS2/c1-11-8(10)6-4-2-3-5-7(6)9/h2-5H,1H3. The molecule has 0 aliphatic rings. The summed E-state index contributed by atoms with van der Waals surface area (Å²) in [6.07, 6.45) is 2.01. The molecule has 58 valence electrons. The van der Waals surface area contributed by atoms with Gasteiger partial charge in [-0.15, -0.1) is 11.8 Å². The molecule has 1 aromatic rings. The lowest BCUT2D eigenvalue weighted by molar-refractivity contribution is 1.62. The van der Waals surface area contributed by atoms with Crippen LogP contribution in [0.25, 0.3) is 0 Å². The van der Waals surface area contributed by atoms with Gasteiger partial charge in [-0.3, -0.25) is 0 Å². The van der Waals surface area contributed by atoms with Crippen molar-refractivity contribution in [3.63, 3.8) is 0 Å². The van der Waals surface area contributed by atoms with Crippen LogP contribution in [-0.4, -0.2) is 10.5 Å². The molecule has 0 fully saturated rings. The number of benzene rings is 1. The lowest BCUT2D eigenvalue weighted by Gasteiger charge is -2.01. The molecule has 0 unspecified atom stereocenters. The maximum absolute atomic E-state index is 5.17. The highest BCUT2D eigenvalue weighted by atomic mass is 127. The van der Waals surface area contributed by atoms with Gasteiger partial charge in [-0.1, -0.05) is 30.4 Å². The molecule has 0 radical (unpaired) electrons. The van der Waals surface area contributed by atoms with Crippen LogP contribution in [0.1, 0.15) is 5.56 Å². The number of thiocarbonyl (C=S) groups is 1. The Morgan fingerprint density at radius 1 is 1.45 bits per heavy atom. The molecule has 3 heteroatoms. The Hall–Kier alpha value is 0.390. The van der Waals surface area contributed by atoms with Gasteiger partial charge < -0.3 is 0 Å². The number of hydrogen-bond donors (Lipinski definition) is 0. The topological polar surface area (TPSA) is 0 Å². The second kappa shape index (κ2) is 4.42. The van der Waals surface area contributed by atoms with Crippen molar-refractivity contribution >= 4 is 50.8 Å². The molecule has 0 spiro atoms. The average molecular weight is 294 g/mol. The largest absolute Gasteiger partial charge is 0.117 e. The number of halogens is 1. The third-order valence-corrected chi connectivity index (χ3v) is 3.53. The monoisotopic (exact) mass is 294 g/mol. The summed E-state index contributed by atoms with van der Waals surface area (Å²) in [4.78, 5) is 0. The van der Waals surface area contributed by atoms with Gasteiger partial charge in [-0.2, -0.15) is 0 Å². The number of hydrogen-bond acceptors (Lipinski definition) is 2. The molecule has 0 aliphatic carbocycles. The van der Waals surface area contributed by atoms with E-state index in [0.29, 0.717) is 0 Å². The van der Waals surface area contributed by atoms with E-state index in [4.69, 9.17) is 12.2 Å². The van der Waals surface area contributed by atoms with Crippen molar-refractivity contribution in [3.05, 3.63) is 33.4 Å². The molecule has 0 nitrogen and oxygen atoms in total. The molecule has 0 N–H and O–H groups in total. The molecule has 0 saturated heterocycles. The summed E-state index contributed by atoms with van der Waals surface area (Å²) < 4.78 is 2.19. The minimum Gasteiger partial charge on any atom is -0.117 e. The van der Waals surface area contributed by atoms with E-state index < -0.39 is 0 Å². The third kappa shape index (κ3) is 2.42. The normalized spacial score (nSPS) is 9.64. The molecule has 0 amide bonds. The smallest absolute Gasteiger partial charge is 0.0786 e. The molecule has 1 aromatic carbocycles. The van der Waals surface area contributed by atoms with Crippen molar-refractivity contribution in [1.29, 1.82) is 0 Å². The van der Waals surface area contributed by atoms with E-state index in [1.807, 2.05) is 18.4 Å². The molecule has 11 heavy (non-hydrogen) atoms. The predicted molar refractivity (Wildman–Crippen MR) is 64.4 cm³/mol. The third-order valence-electron chi connectivity index (χ3n) is 1.28. The van der Waals surface area contributed by atoms with Gasteiger partial charge in [0.25, 0.3) is 0 Å². The molecule has 0 aliphatic heterocycles. The molecule has 0 saturated carbocycles. The summed E-state index contributed by atoms with van der Waals surface area (Å²) in [6, 6.07) is 8.16. The van der Waals surface area contributed by atoms with Crippen LogP contribution in [0.3, 0.4) is 0 Å². The SMILES string of the molecule is CSC(=S)c1ccccc1I. The molecule has 0 atom stereocenters. The van der Waals surface area contributed by atoms with E-state index in [9.17, 15) is 0 Å². The number of rotatable bonds is 1. The first-order valence-electron chi connectivity index (χ1n) is 3.08. The second-order valence-corrected chi connectivity index (χ2v) is 4.62. The van der Waals surface area contributed by atoms with E-state index in [1.54, 1.807) is 11.8 Å². The molecule has 0 heterocycles. The van der Waals surface area contributed by atoms with E-state index in [1.165, 1.54) is 9.13 Å². The van der Waals surface area contributed by atoms with Crippen molar-refractivity contribution in [1.82, 2.24) is 0 Å². The lowest BCUT2D eigenvalue weighted by atomic mass is 10.2. The van der Waals surface area contributed by atoms with Gasteiger partial charge >= 0.3 is 0 Å².